The zero-order valence-electron chi connectivity index (χ0n) is 11.5. The highest BCUT2D eigenvalue weighted by atomic mass is 16.2. The lowest BCUT2D eigenvalue weighted by molar-refractivity contribution is -0.115. The standard InChI is InChI=1S/C14H15N5O2/c1-9(20)17-14-16-6-5-12(19-14)10-3-2-4-11(7-10)18-13(21)8-15/h2-7H,8,15H2,1H3,(H,18,21)(H,16,17,19,20). The second-order valence-electron chi connectivity index (χ2n) is 4.28. The molecule has 21 heavy (non-hydrogen) atoms. The van der Waals surface area contributed by atoms with Gasteiger partial charge in [-0.15, -0.1) is 0 Å². The van der Waals surface area contributed by atoms with E-state index in [0.29, 0.717) is 11.4 Å². The SMILES string of the molecule is CC(=O)Nc1nccc(-c2cccc(NC(=O)CN)c2)n1. The zero-order chi connectivity index (χ0) is 15.2. The summed E-state index contributed by atoms with van der Waals surface area (Å²) in [5, 5.41) is 5.19. The summed E-state index contributed by atoms with van der Waals surface area (Å²) in [7, 11) is 0. The van der Waals surface area contributed by atoms with Gasteiger partial charge in [0, 0.05) is 24.4 Å². The smallest absolute Gasteiger partial charge is 0.238 e. The maximum atomic E-state index is 11.3. The first kappa shape index (κ1) is 14.6. The fourth-order valence-electron chi connectivity index (χ4n) is 1.71. The van der Waals surface area contributed by atoms with E-state index in [1.165, 1.54) is 6.92 Å². The van der Waals surface area contributed by atoms with E-state index in [2.05, 4.69) is 20.6 Å². The maximum Gasteiger partial charge on any atom is 0.238 e. The van der Waals surface area contributed by atoms with Gasteiger partial charge in [-0.3, -0.25) is 14.9 Å². The van der Waals surface area contributed by atoms with E-state index in [9.17, 15) is 9.59 Å². The van der Waals surface area contributed by atoms with E-state index < -0.39 is 0 Å². The largest absolute Gasteiger partial charge is 0.325 e. The average Bonchev–Trinajstić information content (AvgIpc) is 2.47. The van der Waals surface area contributed by atoms with Crippen LogP contribution < -0.4 is 16.4 Å². The summed E-state index contributed by atoms with van der Waals surface area (Å²) in [6, 6.07) is 8.88. The minimum Gasteiger partial charge on any atom is -0.325 e. The Morgan fingerprint density at radius 2 is 2.05 bits per heavy atom. The fourth-order valence-corrected chi connectivity index (χ4v) is 1.71. The molecule has 0 aliphatic rings. The molecule has 108 valence electrons. The van der Waals surface area contributed by atoms with Gasteiger partial charge in [0.1, 0.15) is 0 Å². The van der Waals surface area contributed by atoms with Crippen LogP contribution in [-0.4, -0.2) is 28.3 Å². The number of nitrogens with zero attached hydrogens (tertiary/aromatic N) is 2. The van der Waals surface area contributed by atoms with Gasteiger partial charge in [-0.05, 0) is 18.2 Å². The van der Waals surface area contributed by atoms with Crippen LogP contribution in [0.1, 0.15) is 6.92 Å². The van der Waals surface area contributed by atoms with Crippen molar-refractivity contribution in [2.75, 3.05) is 17.2 Å². The first-order valence-corrected chi connectivity index (χ1v) is 6.29. The van der Waals surface area contributed by atoms with Crippen molar-refractivity contribution in [2.24, 2.45) is 5.73 Å². The molecule has 4 N–H and O–H groups in total. The molecule has 0 aliphatic heterocycles. The average molecular weight is 285 g/mol. The summed E-state index contributed by atoms with van der Waals surface area (Å²) in [6.07, 6.45) is 1.55. The predicted molar refractivity (Wildman–Crippen MR) is 79.5 cm³/mol. The molecule has 2 rings (SSSR count). The number of nitrogens with two attached hydrogens (primary N) is 1. The Bertz CT molecular complexity index is 672. The van der Waals surface area contributed by atoms with Crippen molar-refractivity contribution in [3.05, 3.63) is 36.5 Å². The van der Waals surface area contributed by atoms with Crippen LogP contribution in [0, 0.1) is 0 Å². The lowest BCUT2D eigenvalue weighted by atomic mass is 10.1. The highest BCUT2D eigenvalue weighted by molar-refractivity contribution is 5.92. The van der Waals surface area contributed by atoms with Gasteiger partial charge < -0.3 is 11.1 Å². The number of rotatable bonds is 4. The third kappa shape index (κ3) is 4.08. The number of hydrogen-bond donors (Lipinski definition) is 3. The van der Waals surface area contributed by atoms with E-state index >= 15 is 0 Å². The summed E-state index contributed by atoms with van der Waals surface area (Å²) >= 11 is 0. The lowest BCUT2D eigenvalue weighted by Gasteiger charge is -2.07. The van der Waals surface area contributed by atoms with E-state index in [1.54, 1.807) is 30.5 Å². The second kappa shape index (κ2) is 6.58. The minimum atomic E-state index is -0.270. The van der Waals surface area contributed by atoms with Crippen molar-refractivity contribution in [3.63, 3.8) is 0 Å². The van der Waals surface area contributed by atoms with Gasteiger partial charge in [0.05, 0.1) is 12.2 Å². The zero-order valence-corrected chi connectivity index (χ0v) is 11.5. The van der Waals surface area contributed by atoms with Gasteiger partial charge in [0.2, 0.25) is 17.8 Å². The summed E-state index contributed by atoms with van der Waals surface area (Å²) in [5.74, 6) is -0.277. The van der Waals surface area contributed by atoms with Gasteiger partial charge in [-0.25, -0.2) is 9.97 Å². The predicted octanol–water partition coefficient (Wildman–Crippen LogP) is 0.999. The van der Waals surface area contributed by atoms with Crippen LogP contribution in [0.3, 0.4) is 0 Å². The number of benzene rings is 1. The number of aromatic nitrogens is 2. The molecular weight excluding hydrogens is 270 g/mol. The van der Waals surface area contributed by atoms with Gasteiger partial charge in [-0.1, -0.05) is 12.1 Å². The second-order valence-corrected chi connectivity index (χ2v) is 4.28. The molecule has 0 bridgehead atoms. The molecule has 0 atom stereocenters. The first-order chi connectivity index (χ1) is 10.1. The molecule has 0 unspecified atom stereocenters. The molecule has 2 aromatic rings. The van der Waals surface area contributed by atoms with Crippen LogP contribution in [0.15, 0.2) is 36.5 Å². The molecular formula is C14H15N5O2. The van der Waals surface area contributed by atoms with Crippen molar-refractivity contribution in [3.8, 4) is 11.3 Å². The molecule has 0 spiro atoms. The van der Waals surface area contributed by atoms with E-state index in [0.717, 1.165) is 5.56 Å². The summed E-state index contributed by atoms with van der Waals surface area (Å²) in [6.45, 7) is 1.31. The molecule has 7 heteroatoms. The Labute approximate surface area is 121 Å². The highest BCUT2D eigenvalue weighted by Gasteiger charge is 2.05. The van der Waals surface area contributed by atoms with Crippen LogP contribution in [0.5, 0.6) is 0 Å². The number of anilines is 2. The Balaban J connectivity index is 2.27. The number of amides is 2. The fraction of sp³-hybridized carbons (Fsp3) is 0.143. The molecule has 1 aromatic carbocycles. The number of nitrogens with one attached hydrogen (secondary N) is 2. The summed E-state index contributed by atoms with van der Waals surface area (Å²) < 4.78 is 0. The van der Waals surface area contributed by atoms with E-state index in [4.69, 9.17) is 5.73 Å². The topological polar surface area (TPSA) is 110 Å². The molecule has 2 amide bonds. The molecule has 7 nitrogen and oxygen atoms in total. The van der Waals surface area contributed by atoms with Crippen LogP contribution in [0.25, 0.3) is 11.3 Å². The monoisotopic (exact) mass is 285 g/mol. The Kier molecular flexibility index (Phi) is 4.57. The van der Waals surface area contributed by atoms with E-state index in [-0.39, 0.29) is 24.3 Å². The van der Waals surface area contributed by atoms with Gasteiger partial charge in [-0.2, -0.15) is 0 Å². The van der Waals surface area contributed by atoms with Crippen molar-refractivity contribution in [2.45, 2.75) is 6.92 Å². The lowest BCUT2D eigenvalue weighted by Crippen LogP contribution is -2.21. The molecule has 1 aromatic heterocycles. The van der Waals surface area contributed by atoms with Gasteiger partial charge >= 0.3 is 0 Å². The Morgan fingerprint density at radius 1 is 1.24 bits per heavy atom. The Morgan fingerprint density at radius 3 is 2.76 bits per heavy atom. The molecule has 0 aliphatic carbocycles. The third-order valence-corrected chi connectivity index (χ3v) is 2.57. The molecule has 0 fully saturated rings. The summed E-state index contributed by atoms with van der Waals surface area (Å²) in [5.41, 5.74) is 7.32. The minimum absolute atomic E-state index is 0.0790. The van der Waals surface area contributed by atoms with Gasteiger partial charge in [0.15, 0.2) is 0 Å². The number of carbonyl (C=O) groups excluding carboxylic acids is 2. The molecule has 0 saturated carbocycles. The van der Waals surface area contributed by atoms with Gasteiger partial charge in [0.25, 0.3) is 0 Å². The van der Waals surface area contributed by atoms with E-state index in [1.807, 2.05) is 6.07 Å². The molecule has 0 saturated heterocycles. The van der Waals surface area contributed by atoms with Crippen LogP contribution in [0.2, 0.25) is 0 Å². The van der Waals surface area contributed by atoms with Crippen molar-refractivity contribution in [1.29, 1.82) is 0 Å². The number of hydrogen-bond acceptors (Lipinski definition) is 5. The third-order valence-electron chi connectivity index (χ3n) is 2.57. The van der Waals surface area contributed by atoms with Crippen molar-refractivity contribution >= 4 is 23.5 Å². The normalized spacial score (nSPS) is 10.0. The van der Waals surface area contributed by atoms with Crippen molar-refractivity contribution < 1.29 is 9.59 Å². The van der Waals surface area contributed by atoms with Crippen LogP contribution in [0.4, 0.5) is 11.6 Å². The van der Waals surface area contributed by atoms with Crippen molar-refractivity contribution in [1.82, 2.24) is 9.97 Å². The number of carbonyl (C=O) groups is 2. The Hall–Kier alpha value is -2.80. The molecule has 0 radical (unpaired) electrons. The highest BCUT2D eigenvalue weighted by Crippen LogP contribution is 2.21. The van der Waals surface area contributed by atoms with Crippen LogP contribution >= 0.6 is 0 Å². The maximum absolute atomic E-state index is 11.3. The first-order valence-electron chi connectivity index (χ1n) is 6.29. The summed E-state index contributed by atoms with van der Waals surface area (Å²) in [4.78, 5) is 30.5. The molecule has 1 heterocycles. The quantitative estimate of drug-likeness (QED) is 0.776. The van der Waals surface area contributed by atoms with Crippen LogP contribution in [-0.2, 0) is 9.59 Å².